The van der Waals surface area contributed by atoms with Crippen LogP contribution in [0, 0.1) is 11.8 Å². The molecule has 3 aromatic rings. The Labute approximate surface area is 249 Å². The summed E-state index contributed by atoms with van der Waals surface area (Å²) in [5.74, 6) is 6.08. The molecule has 1 saturated carbocycles. The highest BCUT2D eigenvalue weighted by Gasteiger charge is 2.31. The molecule has 3 N–H and O–H groups in total. The maximum Gasteiger partial charge on any atom is 0.393 e. The van der Waals surface area contributed by atoms with Crippen LogP contribution in [0.5, 0.6) is 5.75 Å². The lowest BCUT2D eigenvalue weighted by Gasteiger charge is -2.33. The van der Waals surface area contributed by atoms with Crippen molar-refractivity contribution < 1.29 is 31.4 Å². The smallest absolute Gasteiger partial charge is 0.393 e. The minimum Gasteiger partial charge on any atom is -0.489 e. The Hall–Kier alpha value is -2.98. The first-order chi connectivity index (χ1) is 19.9. The predicted octanol–water partition coefficient (Wildman–Crippen LogP) is 5.53. The van der Waals surface area contributed by atoms with Gasteiger partial charge in [0.1, 0.15) is 12.4 Å². The van der Waals surface area contributed by atoms with Crippen LogP contribution in [0.2, 0.25) is 0 Å². The Kier molecular flexibility index (Phi) is 10.3. The summed E-state index contributed by atoms with van der Waals surface area (Å²) >= 11 is 1.26. The van der Waals surface area contributed by atoms with Crippen molar-refractivity contribution in [3.05, 3.63) is 46.8 Å². The third-order valence-corrected chi connectivity index (χ3v) is 9.59. The Bertz CT molecular complexity index is 1550. The zero-order chi connectivity index (χ0) is 30.5. The van der Waals surface area contributed by atoms with Gasteiger partial charge < -0.3 is 25.4 Å². The number of benzene rings is 2. The summed E-state index contributed by atoms with van der Waals surface area (Å²) in [6, 6.07) is 10.5. The van der Waals surface area contributed by atoms with Crippen molar-refractivity contribution in [2.75, 3.05) is 50.7 Å². The molecule has 1 aliphatic rings. The van der Waals surface area contributed by atoms with E-state index in [1.165, 1.54) is 29.5 Å². The van der Waals surface area contributed by atoms with Gasteiger partial charge in [-0.25, -0.2) is 8.42 Å². The van der Waals surface area contributed by atoms with E-state index in [9.17, 15) is 21.6 Å². The fourth-order valence-electron chi connectivity index (χ4n) is 5.14. The van der Waals surface area contributed by atoms with Crippen LogP contribution < -0.4 is 15.4 Å². The molecule has 4 rings (SSSR count). The molecular formula is C30H36F3N3O4S2. The van der Waals surface area contributed by atoms with E-state index in [1.807, 2.05) is 6.07 Å². The molecule has 1 aliphatic carbocycles. The van der Waals surface area contributed by atoms with Gasteiger partial charge in [0.15, 0.2) is 9.84 Å². The van der Waals surface area contributed by atoms with Crippen LogP contribution in [0.3, 0.4) is 0 Å². The molecule has 1 heterocycles. The predicted molar refractivity (Wildman–Crippen MR) is 162 cm³/mol. The summed E-state index contributed by atoms with van der Waals surface area (Å²) < 4.78 is 71.0. The first-order valence-electron chi connectivity index (χ1n) is 13.7. The summed E-state index contributed by atoms with van der Waals surface area (Å²) in [5, 5.41) is 16.3. The second kappa shape index (κ2) is 13.5. The number of hydrogen-bond donors (Lipinski definition) is 3. The van der Waals surface area contributed by atoms with Crippen molar-refractivity contribution in [2.24, 2.45) is 0 Å². The zero-order valence-corrected chi connectivity index (χ0v) is 25.5. The molecule has 1 fully saturated rings. The van der Waals surface area contributed by atoms with Gasteiger partial charge in [0, 0.05) is 24.4 Å². The molecule has 0 saturated heterocycles. The molecule has 0 atom stereocenters. The number of nitrogens with one attached hydrogen (secondary N) is 2. The number of nitrogens with zero attached hydrogens (tertiary/aromatic N) is 1. The van der Waals surface area contributed by atoms with Crippen molar-refractivity contribution in [3.8, 4) is 17.6 Å². The van der Waals surface area contributed by atoms with E-state index in [-0.39, 0.29) is 42.0 Å². The average molecular weight is 624 g/mol. The largest absolute Gasteiger partial charge is 0.489 e. The number of sulfone groups is 1. The van der Waals surface area contributed by atoms with E-state index in [1.54, 1.807) is 12.1 Å². The van der Waals surface area contributed by atoms with Gasteiger partial charge in [0.05, 0.1) is 45.4 Å². The van der Waals surface area contributed by atoms with Gasteiger partial charge in [0.25, 0.3) is 0 Å². The second-order valence-corrected chi connectivity index (χ2v) is 13.7. The molecule has 1 aromatic heterocycles. The lowest BCUT2D eigenvalue weighted by molar-refractivity contribution is -0.126. The number of thiophene rings is 1. The maximum atomic E-state index is 13.6. The second-order valence-electron chi connectivity index (χ2n) is 10.7. The number of halogens is 3. The highest BCUT2D eigenvalue weighted by molar-refractivity contribution is 7.90. The summed E-state index contributed by atoms with van der Waals surface area (Å²) in [6.07, 6.45) is -0.265. The minimum atomic E-state index is -4.39. The van der Waals surface area contributed by atoms with Crippen molar-refractivity contribution in [3.63, 3.8) is 0 Å². The number of aliphatic hydroxyl groups is 1. The third kappa shape index (κ3) is 8.31. The molecule has 0 aliphatic heterocycles. The van der Waals surface area contributed by atoms with E-state index in [2.05, 4.69) is 41.5 Å². The number of fused-ring (bicyclic) bond motifs is 1. The molecule has 2 aromatic carbocycles. The van der Waals surface area contributed by atoms with Crippen LogP contribution in [-0.4, -0.2) is 76.8 Å². The highest BCUT2D eigenvalue weighted by Crippen LogP contribution is 2.40. The van der Waals surface area contributed by atoms with Gasteiger partial charge in [-0.15, -0.1) is 11.3 Å². The van der Waals surface area contributed by atoms with Gasteiger partial charge >= 0.3 is 6.18 Å². The molecule has 228 valence electrons. The van der Waals surface area contributed by atoms with Crippen LogP contribution in [0.15, 0.2) is 41.3 Å². The van der Waals surface area contributed by atoms with Gasteiger partial charge in [-0.3, -0.25) is 0 Å². The first-order valence-corrected chi connectivity index (χ1v) is 16.4. The van der Waals surface area contributed by atoms with Crippen molar-refractivity contribution in [2.45, 2.75) is 55.3 Å². The summed E-state index contributed by atoms with van der Waals surface area (Å²) in [7, 11) is 0.698. The third-order valence-electron chi connectivity index (χ3n) is 7.28. The summed E-state index contributed by atoms with van der Waals surface area (Å²) in [5.41, 5.74) is 1.45. The van der Waals surface area contributed by atoms with Crippen molar-refractivity contribution >= 4 is 42.6 Å². The lowest BCUT2D eigenvalue weighted by atomic mass is 9.90. The number of aliphatic hydroxyl groups excluding tert-OH is 1. The van der Waals surface area contributed by atoms with E-state index in [0.29, 0.717) is 22.0 Å². The normalized spacial score (nSPS) is 17.6. The zero-order valence-electron chi connectivity index (χ0n) is 23.8. The Morgan fingerprint density at radius 1 is 1.12 bits per heavy atom. The first kappa shape index (κ1) is 31.9. The van der Waals surface area contributed by atoms with Crippen LogP contribution >= 0.6 is 11.3 Å². The van der Waals surface area contributed by atoms with Crippen LogP contribution in [0.25, 0.3) is 10.1 Å². The fourth-order valence-corrected chi connectivity index (χ4v) is 6.94. The van der Waals surface area contributed by atoms with Gasteiger partial charge in [-0.1, -0.05) is 24.0 Å². The SMILES string of the molecule is CN(C)C1CCC(Nc2cccc3c(CC(F)(F)F)c(C#CCNc4ccc(S(C)(=O)=O)cc4OCCO)sc23)CC1. The van der Waals surface area contributed by atoms with Crippen molar-refractivity contribution in [1.29, 1.82) is 0 Å². The number of ether oxygens (including phenoxy) is 1. The fraction of sp³-hybridized carbons (Fsp3) is 0.467. The molecule has 0 bridgehead atoms. The summed E-state index contributed by atoms with van der Waals surface area (Å²) in [4.78, 5) is 2.66. The van der Waals surface area contributed by atoms with E-state index >= 15 is 0 Å². The topological polar surface area (TPSA) is 90.9 Å². The molecular weight excluding hydrogens is 587 g/mol. The Morgan fingerprint density at radius 3 is 2.50 bits per heavy atom. The number of hydrogen-bond acceptors (Lipinski definition) is 8. The Balaban J connectivity index is 1.57. The molecule has 0 radical (unpaired) electrons. The molecule has 0 amide bonds. The molecule has 0 unspecified atom stereocenters. The lowest BCUT2D eigenvalue weighted by Crippen LogP contribution is -2.36. The van der Waals surface area contributed by atoms with Crippen LogP contribution in [0.1, 0.15) is 36.1 Å². The van der Waals surface area contributed by atoms with E-state index in [0.717, 1.165) is 42.3 Å². The average Bonchev–Trinajstić information content (AvgIpc) is 3.26. The summed E-state index contributed by atoms with van der Waals surface area (Å²) in [6.45, 7) is -0.221. The maximum absolute atomic E-state index is 13.6. The van der Waals surface area contributed by atoms with Crippen molar-refractivity contribution in [1.82, 2.24) is 4.90 Å². The van der Waals surface area contributed by atoms with Gasteiger partial charge in [-0.2, -0.15) is 13.2 Å². The van der Waals surface area contributed by atoms with Gasteiger partial charge in [0.2, 0.25) is 0 Å². The quantitative estimate of drug-likeness (QED) is 0.256. The number of alkyl halides is 3. The van der Waals surface area contributed by atoms with Crippen LogP contribution in [0.4, 0.5) is 24.5 Å². The monoisotopic (exact) mass is 623 g/mol. The van der Waals surface area contributed by atoms with Crippen LogP contribution in [-0.2, 0) is 16.3 Å². The Morgan fingerprint density at radius 2 is 1.86 bits per heavy atom. The number of anilines is 2. The molecule has 0 spiro atoms. The standard InChI is InChI=1S/C30H36F3N3O4S2/c1-36(2)21-11-9-20(10-12-21)35-26-7-4-6-23-24(19-30(31,32)33)28(41-29(23)26)8-5-15-34-25-14-13-22(42(3,38)39)18-27(25)40-17-16-37/h4,6-7,13-14,18,20-21,34-35,37H,9-12,15-17,19H2,1-3H3. The highest BCUT2D eigenvalue weighted by atomic mass is 32.2. The minimum absolute atomic E-state index is 0.0381. The molecule has 42 heavy (non-hydrogen) atoms. The molecule has 12 heteroatoms. The molecule has 7 nitrogen and oxygen atoms in total. The van der Waals surface area contributed by atoms with E-state index < -0.39 is 22.4 Å². The van der Waals surface area contributed by atoms with Gasteiger partial charge in [-0.05, 0) is 68.9 Å². The number of rotatable bonds is 10. The van der Waals surface area contributed by atoms with E-state index in [4.69, 9.17) is 9.84 Å².